The van der Waals surface area contributed by atoms with Crippen LogP contribution in [-0.2, 0) is 0 Å². The number of rotatable bonds is 2. The summed E-state index contributed by atoms with van der Waals surface area (Å²) in [4.78, 5) is 2.53. The van der Waals surface area contributed by atoms with E-state index in [0.717, 1.165) is 17.6 Å². The monoisotopic (exact) mass is 517 g/mol. The average Bonchev–Trinajstić information content (AvgIpc) is 3.66. The Kier molecular flexibility index (Phi) is 4.35. The van der Waals surface area contributed by atoms with Crippen molar-refractivity contribution in [2.75, 3.05) is 4.90 Å². The molecule has 1 aliphatic heterocycles. The van der Waals surface area contributed by atoms with Crippen LogP contribution in [0.1, 0.15) is 12.0 Å². The molecular weight excluding hydrogens is 494 g/mol. The molecule has 1 unspecified atom stereocenters. The number of furan rings is 1. The second-order valence-corrected chi connectivity index (χ2v) is 11.5. The van der Waals surface area contributed by atoms with Crippen LogP contribution in [0.15, 0.2) is 126 Å². The summed E-state index contributed by atoms with van der Waals surface area (Å²) in [5.74, 6) is 0. The van der Waals surface area contributed by atoms with Crippen LogP contribution in [0, 0.1) is 0 Å². The van der Waals surface area contributed by atoms with E-state index in [4.69, 9.17) is 4.42 Å². The van der Waals surface area contributed by atoms with Gasteiger partial charge in [0, 0.05) is 53.4 Å². The van der Waals surface area contributed by atoms with Gasteiger partial charge in [0.1, 0.15) is 11.2 Å². The molecule has 0 N–H and O–H groups in total. The maximum Gasteiger partial charge on any atom is 0.144 e. The normalized spacial score (nSPS) is 16.4. The summed E-state index contributed by atoms with van der Waals surface area (Å²) in [7, 11) is 0. The molecule has 39 heavy (non-hydrogen) atoms. The van der Waals surface area contributed by atoms with E-state index < -0.39 is 0 Å². The number of fused-ring (bicyclic) bond motifs is 10. The third-order valence-corrected chi connectivity index (χ3v) is 9.55. The number of hydrogen-bond donors (Lipinski definition) is 0. The highest BCUT2D eigenvalue weighted by molar-refractivity contribution is 7.26. The molecule has 3 heterocycles. The Morgan fingerprint density at radius 1 is 0.744 bits per heavy atom. The number of para-hydroxylation sites is 2. The predicted octanol–water partition coefficient (Wildman–Crippen LogP) is 10.5. The lowest BCUT2D eigenvalue weighted by molar-refractivity contribution is 0.673. The molecule has 2 aromatic heterocycles. The van der Waals surface area contributed by atoms with Gasteiger partial charge in [0.2, 0.25) is 0 Å². The molecule has 5 aromatic carbocycles. The van der Waals surface area contributed by atoms with Crippen LogP contribution in [0.2, 0.25) is 0 Å². The third kappa shape index (κ3) is 2.91. The number of benzene rings is 5. The molecule has 0 amide bonds. The van der Waals surface area contributed by atoms with E-state index in [2.05, 4.69) is 126 Å². The average molecular weight is 518 g/mol. The van der Waals surface area contributed by atoms with E-state index in [1.807, 2.05) is 11.3 Å². The summed E-state index contributed by atoms with van der Waals surface area (Å²) in [5.41, 5.74) is 9.78. The van der Waals surface area contributed by atoms with Crippen LogP contribution >= 0.6 is 11.3 Å². The first kappa shape index (κ1) is 21.3. The fourth-order valence-corrected chi connectivity index (χ4v) is 7.95. The maximum absolute atomic E-state index is 6.55. The molecule has 184 valence electrons. The summed E-state index contributed by atoms with van der Waals surface area (Å²) in [6.07, 6.45) is 7.85. The minimum atomic E-state index is 0.296. The van der Waals surface area contributed by atoms with Gasteiger partial charge in [0.15, 0.2) is 0 Å². The molecule has 0 spiro atoms. The van der Waals surface area contributed by atoms with Gasteiger partial charge in [0.25, 0.3) is 0 Å². The Morgan fingerprint density at radius 3 is 2.49 bits per heavy atom. The zero-order valence-corrected chi connectivity index (χ0v) is 21.9. The first-order chi connectivity index (χ1) is 19.4. The molecule has 1 aliphatic carbocycles. The van der Waals surface area contributed by atoms with Gasteiger partial charge in [0.05, 0.1) is 6.04 Å². The Morgan fingerprint density at radius 2 is 1.56 bits per heavy atom. The van der Waals surface area contributed by atoms with Crippen molar-refractivity contribution in [1.82, 2.24) is 0 Å². The fourth-order valence-electron chi connectivity index (χ4n) is 6.72. The van der Waals surface area contributed by atoms with E-state index in [9.17, 15) is 0 Å². The lowest BCUT2D eigenvalue weighted by Gasteiger charge is -2.28. The van der Waals surface area contributed by atoms with Gasteiger partial charge in [-0.25, -0.2) is 0 Å². The van der Waals surface area contributed by atoms with Crippen molar-refractivity contribution in [1.29, 1.82) is 0 Å². The molecule has 9 rings (SSSR count). The Bertz CT molecular complexity index is 2160. The Labute approximate surface area is 229 Å². The summed E-state index contributed by atoms with van der Waals surface area (Å²) in [6.45, 7) is 0. The molecule has 2 aliphatic rings. The molecule has 2 nitrogen and oxygen atoms in total. The minimum Gasteiger partial charge on any atom is -0.455 e. The molecule has 1 atom stereocenters. The van der Waals surface area contributed by atoms with Crippen molar-refractivity contribution < 1.29 is 4.42 Å². The van der Waals surface area contributed by atoms with Crippen molar-refractivity contribution in [3.63, 3.8) is 0 Å². The van der Waals surface area contributed by atoms with Crippen LogP contribution in [0.4, 0.5) is 11.4 Å². The summed E-state index contributed by atoms with van der Waals surface area (Å²) in [6, 6.07) is 37.5. The zero-order chi connectivity index (χ0) is 25.5. The van der Waals surface area contributed by atoms with Crippen molar-refractivity contribution in [2.24, 2.45) is 0 Å². The predicted molar refractivity (Wildman–Crippen MR) is 166 cm³/mol. The van der Waals surface area contributed by atoms with Crippen LogP contribution in [-0.4, -0.2) is 6.04 Å². The lowest BCUT2D eigenvalue weighted by Crippen LogP contribution is -2.26. The van der Waals surface area contributed by atoms with E-state index in [1.54, 1.807) is 0 Å². The van der Waals surface area contributed by atoms with Gasteiger partial charge in [-0.3, -0.25) is 0 Å². The summed E-state index contributed by atoms with van der Waals surface area (Å²) in [5, 5.41) is 4.84. The number of allylic oxidation sites excluding steroid dienone is 2. The standard InChI is InChI=1S/C36H23NOS/c1-2-11-22(12-3-1)37-29-17-7-4-14-25(29)33-24(16-10-18-30(33)37)28-21-27-23-13-5-8-19-31(23)38-35(27)34-26-15-6-9-20-32(26)39-36(28)34/h1-16,18-21,29H,17H2. The molecule has 0 bridgehead atoms. The molecular formula is C36H23NOS. The van der Waals surface area contributed by atoms with Crippen LogP contribution in [0.3, 0.4) is 0 Å². The van der Waals surface area contributed by atoms with Gasteiger partial charge < -0.3 is 9.32 Å². The van der Waals surface area contributed by atoms with Gasteiger partial charge in [-0.1, -0.05) is 85.0 Å². The topological polar surface area (TPSA) is 16.4 Å². The van der Waals surface area contributed by atoms with E-state index in [1.165, 1.54) is 64.6 Å². The fraction of sp³-hybridized carbons (Fsp3) is 0.0556. The van der Waals surface area contributed by atoms with Crippen LogP contribution in [0.25, 0.3) is 58.8 Å². The highest BCUT2D eigenvalue weighted by Gasteiger charge is 2.37. The van der Waals surface area contributed by atoms with Gasteiger partial charge in [-0.05, 0) is 54.0 Å². The van der Waals surface area contributed by atoms with Crippen LogP contribution in [0.5, 0.6) is 0 Å². The van der Waals surface area contributed by atoms with E-state index in [0.29, 0.717) is 6.04 Å². The second kappa shape index (κ2) is 7.95. The molecule has 0 radical (unpaired) electrons. The van der Waals surface area contributed by atoms with E-state index in [-0.39, 0.29) is 0 Å². The van der Waals surface area contributed by atoms with Crippen molar-refractivity contribution >= 4 is 70.4 Å². The minimum absolute atomic E-state index is 0.296. The highest BCUT2D eigenvalue weighted by Crippen LogP contribution is 2.53. The van der Waals surface area contributed by atoms with Gasteiger partial charge in [-0.15, -0.1) is 11.3 Å². The molecule has 0 saturated carbocycles. The molecule has 0 fully saturated rings. The second-order valence-electron chi connectivity index (χ2n) is 10.4. The zero-order valence-electron chi connectivity index (χ0n) is 21.1. The number of hydrogen-bond acceptors (Lipinski definition) is 3. The molecule has 7 aromatic rings. The lowest BCUT2D eigenvalue weighted by atomic mass is 9.89. The largest absolute Gasteiger partial charge is 0.455 e. The quantitative estimate of drug-likeness (QED) is 0.227. The Hall–Kier alpha value is -4.60. The number of thiophene rings is 1. The molecule has 3 heteroatoms. The first-order valence-corrected chi connectivity index (χ1v) is 14.3. The van der Waals surface area contributed by atoms with Crippen LogP contribution < -0.4 is 4.90 Å². The van der Waals surface area contributed by atoms with E-state index >= 15 is 0 Å². The smallest absolute Gasteiger partial charge is 0.144 e. The SMILES string of the molecule is C1=CCC2C(=C1)c1c(-c3cc4c5ccccc5oc4c4c3sc3ccccc34)cccc1N2c1ccccc1. The Balaban J connectivity index is 1.42. The van der Waals surface area contributed by atoms with Gasteiger partial charge >= 0.3 is 0 Å². The van der Waals surface area contributed by atoms with Crippen molar-refractivity contribution in [3.8, 4) is 11.1 Å². The summed E-state index contributed by atoms with van der Waals surface area (Å²) >= 11 is 1.87. The third-order valence-electron chi connectivity index (χ3n) is 8.35. The van der Waals surface area contributed by atoms with Gasteiger partial charge in [-0.2, -0.15) is 0 Å². The number of anilines is 2. The maximum atomic E-state index is 6.55. The summed E-state index contributed by atoms with van der Waals surface area (Å²) < 4.78 is 9.13. The molecule has 0 saturated heterocycles. The van der Waals surface area contributed by atoms with Crippen molar-refractivity contribution in [3.05, 3.63) is 127 Å². The highest BCUT2D eigenvalue weighted by atomic mass is 32.1. The first-order valence-electron chi connectivity index (χ1n) is 13.5. The number of nitrogens with zero attached hydrogens (tertiary/aromatic N) is 1. The van der Waals surface area contributed by atoms with Crippen molar-refractivity contribution in [2.45, 2.75) is 12.5 Å².